The van der Waals surface area contributed by atoms with Gasteiger partial charge in [-0.3, -0.25) is 0 Å². The molecule has 20 heavy (non-hydrogen) atoms. The van der Waals surface area contributed by atoms with Gasteiger partial charge in [-0.25, -0.2) is 0 Å². The third-order valence-corrected chi connectivity index (χ3v) is 4.46. The van der Waals surface area contributed by atoms with E-state index in [0.717, 1.165) is 30.6 Å². The maximum Gasteiger partial charge on any atom is 0.124 e. The van der Waals surface area contributed by atoms with Gasteiger partial charge in [0.1, 0.15) is 11.2 Å². The summed E-state index contributed by atoms with van der Waals surface area (Å²) < 4.78 is 5.64. The molecule has 3 nitrogen and oxygen atoms in total. The molecule has 0 aliphatic carbocycles. The molecule has 1 aromatic rings. The van der Waals surface area contributed by atoms with Crippen LogP contribution in [-0.2, 0) is 5.41 Å². The molecule has 0 saturated carbocycles. The van der Waals surface area contributed by atoms with Gasteiger partial charge < -0.3 is 9.84 Å². The number of rotatable bonds is 5. The second kappa shape index (κ2) is 5.85. The van der Waals surface area contributed by atoms with E-state index in [1.54, 1.807) is 6.92 Å². The highest BCUT2D eigenvalue weighted by molar-refractivity contribution is 5.48. The molecule has 1 aromatic carbocycles. The summed E-state index contributed by atoms with van der Waals surface area (Å²) in [6.07, 6.45) is 4.31. The van der Waals surface area contributed by atoms with Gasteiger partial charge in [0.2, 0.25) is 0 Å². The quantitative estimate of drug-likeness (QED) is 0.834. The summed E-state index contributed by atoms with van der Waals surface area (Å²) in [5.74, 6) is 0.732. The number of para-hydroxylation sites is 1. The van der Waals surface area contributed by atoms with E-state index in [1.807, 2.05) is 24.3 Å². The minimum Gasteiger partial charge on any atom is -0.493 e. The van der Waals surface area contributed by atoms with E-state index in [2.05, 4.69) is 13.0 Å². The smallest absolute Gasteiger partial charge is 0.124 e. The van der Waals surface area contributed by atoms with E-state index in [4.69, 9.17) is 4.74 Å². The van der Waals surface area contributed by atoms with E-state index in [1.165, 1.54) is 0 Å². The molecule has 0 bridgehead atoms. The number of nitrogens with zero attached hydrogens (tertiary/aromatic N) is 1. The van der Waals surface area contributed by atoms with Crippen LogP contribution in [0.5, 0.6) is 5.75 Å². The normalized spacial score (nSPS) is 24.1. The van der Waals surface area contributed by atoms with Crippen molar-refractivity contribution >= 4 is 0 Å². The Morgan fingerprint density at radius 3 is 2.85 bits per heavy atom. The van der Waals surface area contributed by atoms with Crippen LogP contribution in [0.25, 0.3) is 0 Å². The van der Waals surface area contributed by atoms with Crippen LogP contribution in [0.3, 0.4) is 0 Å². The molecule has 1 aliphatic heterocycles. The van der Waals surface area contributed by atoms with Gasteiger partial charge in [-0.2, -0.15) is 5.26 Å². The van der Waals surface area contributed by atoms with E-state index in [0.29, 0.717) is 19.4 Å². The highest BCUT2D eigenvalue weighted by Gasteiger charge is 2.51. The minimum atomic E-state index is -1.03. The third-order valence-electron chi connectivity index (χ3n) is 4.46. The Morgan fingerprint density at radius 2 is 2.15 bits per heavy atom. The number of aliphatic hydroxyl groups is 1. The zero-order chi connectivity index (χ0) is 14.6. The first-order valence-electron chi connectivity index (χ1n) is 7.43. The molecule has 0 amide bonds. The lowest BCUT2D eigenvalue weighted by molar-refractivity contribution is -0.0245. The van der Waals surface area contributed by atoms with Crippen LogP contribution in [0, 0.1) is 11.3 Å². The molecule has 2 unspecified atom stereocenters. The number of hydrogen-bond donors (Lipinski definition) is 1. The second-order valence-electron chi connectivity index (χ2n) is 5.84. The molecule has 0 aromatic heterocycles. The Bertz CT molecular complexity index is 504. The number of unbranched alkanes of at least 4 members (excludes halogenated alkanes) is 2. The number of ether oxygens (including phenoxy) is 1. The Balaban J connectivity index is 2.38. The molecule has 1 N–H and O–H groups in total. The predicted octanol–water partition coefficient (Wildman–Crippen LogP) is 3.56. The standard InChI is InChI=1S/C17H23NO2/c1-3-4-7-10-16(2,19)17(13-18)11-12-20-15-9-6-5-8-14(15)17/h5-6,8-9,19H,3-4,7,10-12H2,1-2H3. The van der Waals surface area contributed by atoms with Crippen molar-refractivity contribution in [3.05, 3.63) is 29.8 Å². The first kappa shape index (κ1) is 14.9. The van der Waals surface area contributed by atoms with Crippen molar-refractivity contribution in [2.75, 3.05) is 6.61 Å². The van der Waals surface area contributed by atoms with Gasteiger partial charge in [0.25, 0.3) is 0 Å². The zero-order valence-electron chi connectivity index (χ0n) is 12.4. The molecule has 0 saturated heterocycles. The van der Waals surface area contributed by atoms with Gasteiger partial charge in [-0.15, -0.1) is 0 Å². The topological polar surface area (TPSA) is 53.2 Å². The fourth-order valence-electron chi connectivity index (χ4n) is 3.12. The summed E-state index contributed by atoms with van der Waals surface area (Å²) in [6, 6.07) is 10.0. The summed E-state index contributed by atoms with van der Waals surface area (Å²) in [6.45, 7) is 4.42. The molecule has 0 fully saturated rings. The zero-order valence-corrected chi connectivity index (χ0v) is 12.4. The Hall–Kier alpha value is -1.53. The predicted molar refractivity (Wildman–Crippen MR) is 78.6 cm³/mol. The number of benzene rings is 1. The molecule has 108 valence electrons. The molecule has 0 spiro atoms. The first-order valence-corrected chi connectivity index (χ1v) is 7.43. The summed E-state index contributed by atoms with van der Waals surface area (Å²) >= 11 is 0. The maximum atomic E-state index is 11.0. The third kappa shape index (κ3) is 2.41. The lowest BCUT2D eigenvalue weighted by Gasteiger charge is -2.43. The maximum absolute atomic E-state index is 11.0. The second-order valence-corrected chi connectivity index (χ2v) is 5.84. The SMILES string of the molecule is CCCCCC(C)(O)C1(C#N)CCOc2ccccc21. The van der Waals surface area contributed by atoms with Gasteiger partial charge >= 0.3 is 0 Å². The van der Waals surface area contributed by atoms with Crippen molar-refractivity contribution in [3.8, 4) is 11.8 Å². The van der Waals surface area contributed by atoms with Crippen molar-refractivity contribution in [3.63, 3.8) is 0 Å². The van der Waals surface area contributed by atoms with Crippen LogP contribution < -0.4 is 4.74 Å². The van der Waals surface area contributed by atoms with Crippen LogP contribution in [0.4, 0.5) is 0 Å². The van der Waals surface area contributed by atoms with Crippen molar-refractivity contribution in [1.82, 2.24) is 0 Å². The molecule has 2 rings (SSSR count). The Kier molecular flexibility index (Phi) is 4.35. The number of fused-ring (bicyclic) bond motifs is 1. The summed E-state index contributed by atoms with van der Waals surface area (Å²) in [7, 11) is 0. The highest BCUT2D eigenvalue weighted by Crippen LogP contribution is 2.47. The van der Waals surface area contributed by atoms with E-state index < -0.39 is 11.0 Å². The first-order chi connectivity index (χ1) is 9.57. The van der Waals surface area contributed by atoms with Crippen LogP contribution in [0.2, 0.25) is 0 Å². The van der Waals surface area contributed by atoms with Crippen LogP contribution in [-0.4, -0.2) is 17.3 Å². The fraction of sp³-hybridized carbons (Fsp3) is 0.588. The van der Waals surface area contributed by atoms with E-state index in [9.17, 15) is 10.4 Å². The van der Waals surface area contributed by atoms with Crippen LogP contribution in [0.1, 0.15) is 51.5 Å². The minimum absolute atomic E-state index is 0.481. The van der Waals surface area contributed by atoms with Crippen molar-refractivity contribution < 1.29 is 9.84 Å². The molecular formula is C17H23NO2. The van der Waals surface area contributed by atoms with Crippen LogP contribution in [0.15, 0.2) is 24.3 Å². The lowest BCUT2D eigenvalue weighted by Crippen LogP contribution is -2.51. The highest BCUT2D eigenvalue weighted by atomic mass is 16.5. The summed E-state index contributed by atoms with van der Waals surface area (Å²) in [4.78, 5) is 0. The fourth-order valence-corrected chi connectivity index (χ4v) is 3.12. The molecule has 1 aliphatic rings. The molecule has 3 heteroatoms. The van der Waals surface area contributed by atoms with Gasteiger partial charge in [0, 0.05) is 12.0 Å². The lowest BCUT2D eigenvalue weighted by atomic mass is 9.64. The van der Waals surface area contributed by atoms with Crippen molar-refractivity contribution in [2.24, 2.45) is 0 Å². The average Bonchev–Trinajstić information content (AvgIpc) is 2.46. The molecular weight excluding hydrogens is 250 g/mol. The number of nitriles is 1. The number of hydrogen-bond acceptors (Lipinski definition) is 3. The van der Waals surface area contributed by atoms with Crippen molar-refractivity contribution in [1.29, 1.82) is 5.26 Å². The van der Waals surface area contributed by atoms with Crippen LogP contribution >= 0.6 is 0 Å². The summed E-state index contributed by atoms with van der Waals surface area (Å²) in [5, 5.41) is 20.8. The molecule has 2 atom stereocenters. The van der Waals surface area contributed by atoms with Gasteiger partial charge in [-0.1, -0.05) is 44.4 Å². The molecule has 0 radical (unpaired) electrons. The van der Waals surface area contributed by atoms with Gasteiger partial charge in [-0.05, 0) is 19.4 Å². The largest absolute Gasteiger partial charge is 0.493 e. The Morgan fingerprint density at radius 1 is 1.40 bits per heavy atom. The van der Waals surface area contributed by atoms with Crippen molar-refractivity contribution in [2.45, 2.75) is 57.0 Å². The van der Waals surface area contributed by atoms with E-state index in [-0.39, 0.29) is 0 Å². The summed E-state index contributed by atoms with van der Waals surface area (Å²) in [5.41, 5.74) is -1.07. The van der Waals surface area contributed by atoms with E-state index >= 15 is 0 Å². The molecule has 1 heterocycles. The van der Waals surface area contributed by atoms with Gasteiger partial charge in [0.15, 0.2) is 0 Å². The average molecular weight is 273 g/mol. The monoisotopic (exact) mass is 273 g/mol. The Labute approximate surface area is 121 Å². The van der Waals surface area contributed by atoms with Gasteiger partial charge in [0.05, 0.1) is 18.3 Å².